The SMILES string of the molecule is NCc1ccc(Cn2cnc3c2CCCC3)o1. The Balaban J connectivity index is 1.82. The third kappa shape index (κ3) is 2.00. The molecule has 0 saturated carbocycles. The van der Waals surface area contributed by atoms with E-state index in [1.54, 1.807) is 0 Å². The van der Waals surface area contributed by atoms with Crippen molar-refractivity contribution in [1.29, 1.82) is 0 Å². The maximum Gasteiger partial charge on any atom is 0.123 e. The second-order valence-electron chi connectivity index (χ2n) is 4.55. The van der Waals surface area contributed by atoms with Crippen LogP contribution in [0.4, 0.5) is 0 Å². The average Bonchev–Trinajstić information content (AvgIpc) is 2.97. The molecule has 0 bridgehead atoms. The number of hydrogen-bond acceptors (Lipinski definition) is 3. The molecule has 0 amide bonds. The summed E-state index contributed by atoms with van der Waals surface area (Å²) < 4.78 is 7.83. The van der Waals surface area contributed by atoms with Gasteiger partial charge in [0.2, 0.25) is 0 Å². The van der Waals surface area contributed by atoms with Gasteiger partial charge in [-0.25, -0.2) is 4.98 Å². The summed E-state index contributed by atoms with van der Waals surface area (Å²) in [6, 6.07) is 3.94. The summed E-state index contributed by atoms with van der Waals surface area (Å²) >= 11 is 0. The van der Waals surface area contributed by atoms with E-state index in [1.807, 2.05) is 18.5 Å². The van der Waals surface area contributed by atoms with Gasteiger partial charge < -0.3 is 14.7 Å². The number of hydrogen-bond donors (Lipinski definition) is 1. The summed E-state index contributed by atoms with van der Waals surface area (Å²) in [6.45, 7) is 1.23. The van der Waals surface area contributed by atoms with E-state index in [-0.39, 0.29) is 0 Å². The second kappa shape index (κ2) is 4.37. The Morgan fingerprint density at radius 3 is 2.88 bits per heavy atom. The van der Waals surface area contributed by atoms with Gasteiger partial charge in [-0.2, -0.15) is 0 Å². The summed E-state index contributed by atoms with van der Waals surface area (Å²) in [5.74, 6) is 1.80. The molecule has 4 heteroatoms. The molecule has 2 heterocycles. The minimum absolute atomic E-state index is 0.460. The molecule has 0 atom stereocenters. The number of furan rings is 1. The largest absolute Gasteiger partial charge is 0.463 e. The minimum Gasteiger partial charge on any atom is -0.463 e. The van der Waals surface area contributed by atoms with Crippen molar-refractivity contribution in [1.82, 2.24) is 9.55 Å². The quantitative estimate of drug-likeness (QED) is 0.877. The van der Waals surface area contributed by atoms with E-state index in [2.05, 4.69) is 9.55 Å². The first-order valence-electron chi connectivity index (χ1n) is 6.17. The molecule has 17 heavy (non-hydrogen) atoms. The molecule has 1 aliphatic rings. The van der Waals surface area contributed by atoms with E-state index in [1.165, 1.54) is 24.2 Å². The Morgan fingerprint density at radius 2 is 2.06 bits per heavy atom. The summed E-state index contributed by atoms with van der Waals surface area (Å²) in [5.41, 5.74) is 8.18. The number of nitrogens with zero attached hydrogens (tertiary/aromatic N) is 2. The lowest BCUT2D eigenvalue weighted by atomic mass is 10.0. The smallest absolute Gasteiger partial charge is 0.123 e. The van der Waals surface area contributed by atoms with E-state index in [0.29, 0.717) is 6.54 Å². The molecular weight excluding hydrogens is 214 g/mol. The maximum absolute atomic E-state index is 5.62. The Kier molecular flexibility index (Phi) is 2.73. The third-order valence-corrected chi connectivity index (χ3v) is 3.35. The molecule has 0 saturated heterocycles. The van der Waals surface area contributed by atoms with E-state index in [9.17, 15) is 0 Å². The number of imidazole rings is 1. The highest BCUT2D eigenvalue weighted by molar-refractivity contribution is 5.18. The molecule has 0 radical (unpaired) electrons. The molecule has 2 aromatic rings. The van der Waals surface area contributed by atoms with Crippen LogP contribution in [-0.4, -0.2) is 9.55 Å². The van der Waals surface area contributed by atoms with Crippen LogP contribution in [-0.2, 0) is 25.9 Å². The van der Waals surface area contributed by atoms with Crippen molar-refractivity contribution in [3.8, 4) is 0 Å². The van der Waals surface area contributed by atoms with Crippen molar-refractivity contribution in [2.75, 3.05) is 0 Å². The molecule has 3 rings (SSSR count). The van der Waals surface area contributed by atoms with Crippen molar-refractivity contribution in [3.05, 3.63) is 41.4 Å². The fourth-order valence-electron chi connectivity index (χ4n) is 2.45. The Labute approximate surface area is 100 Å². The van der Waals surface area contributed by atoms with Crippen LogP contribution in [0.2, 0.25) is 0 Å². The zero-order chi connectivity index (χ0) is 11.7. The number of rotatable bonds is 3. The molecule has 2 aromatic heterocycles. The molecule has 1 aliphatic carbocycles. The molecule has 4 nitrogen and oxygen atoms in total. The molecule has 0 aliphatic heterocycles. The van der Waals surface area contributed by atoms with Crippen LogP contribution >= 0.6 is 0 Å². The Morgan fingerprint density at radius 1 is 1.24 bits per heavy atom. The standard InChI is InChI=1S/C13H17N3O/c14-7-10-5-6-11(17-10)8-16-9-15-12-3-1-2-4-13(12)16/h5-6,9H,1-4,7-8,14H2. The van der Waals surface area contributed by atoms with Gasteiger partial charge in [0.15, 0.2) is 0 Å². The second-order valence-corrected chi connectivity index (χ2v) is 4.55. The first-order chi connectivity index (χ1) is 8.36. The van der Waals surface area contributed by atoms with Gasteiger partial charge in [0.25, 0.3) is 0 Å². The van der Waals surface area contributed by atoms with E-state index in [4.69, 9.17) is 10.2 Å². The first kappa shape index (κ1) is 10.6. The Bertz CT molecular complexity index is 512. The van der Waals surface area contributed by atoms with Gasteiger partial charge >= 0.3 is 0 Å². The van der Waals surface area contributed by atoms with Crippen LogP contribution in [0.15, 0.2) is 22.9 Å². The van der Waals surface area contributed by atoms with Crippen molar-refractivity contribution in [3.63, 3.8) is 0 Å². The van der Waals surface area contributed by atoms with Gasteiger partial charge in [0.05, 0.1) is 25.1 Å². The van der Waals surface area contributed by atoms with Crippen LogP contribution in [0.3, 0.4) is 0 Å². The highest BCUT2D eigenvalue weighted by Gasteiger charge is 2.15. The highest BCUT2D eigenvalue weighted by atomic mass is 16.3. The molecule has 2 N–H and O–H groups in total. The molecular formula is C13H17N3O. The van der Waals surface area contributed by atoms with Crippen LogP contribution < -0.4 is 5.73 Å². The lowest BCUT2D eigenvalue weighted by molar-refractivity contribution is 0.451. The van der Waals surface area contributed by atoms with Crippen molar-refractivity contribution in [2.45, 2.75) is 38.8 Å². The molecule has 0 fully saturated rings. The zero-order valence-electron chi connectivity index (χ0n) is 9.85. The number of aromatic nitrogens is 2. The van der Waals surface area contributed by atoms with Crippen LogP contribution in [0.1, 0.15) is 35.7 Å². The average molecular weight is 231 g/mol. The van der Waals surface area contributed by atoms with Crippen molar-refractivity contribution in [2.24, 2.45) is 5.73 Å². The number of nitrogens with two attached hydrogens (primary N) is 1. The number of fused-ring (bicyclic) bond motifs is 1. The molecule has 0 unspecified atom stereocenters. The fraction of sp³-hybridized carbons (Fsp3) is 0.462. The molecule has 90 valence electrons. The Hall–Kier alpha value is -1.55. The van der Waals surface area contributed by atoms with Crippen LogP contribution in [0.5, 0.6) is 0 Å². The van der Waals surface area contributed by atoms with E-state index in [0.717, 1.165) is 30.9 Å². The monoisotopic (exact) mass is 231 g/mol. The maximum atomic E-state index is 5.62. The van der Waals surface area contributed by atoms with Crippen LogP contribution in [0, 0.1) is 0 Å². The fourth-order valence-corrected chi connectivity index (χ4v) is 2.45. The normalized spacial score (nSPS) is 14.9. The highest BCUT2D eigenvalue weighted by Crippen LogP contribution is 2.21. The number of aryl methyl sites for hydroxylation is 1. The summed E-state index contributed by atoms with van der Waals surface area (Å²) in [4.78, 5) is 4.48. The molecule has 0 aromatic carbocycles. The molecule has 0 spiro atoms. The van der Waals surface area contributed by atoms with Gasteiger partial charge in [0.1, 0.15) is 11.5 Å². The zero-order valence-corrected chi connectivity index (χ0v) is 9.85. The predicted octanol–water partition coefficient (Wildman–Crippen LogP) is 1.86. The van der Waals surface area contributed by atoms with Gasteiger partial charge in [-0.1, -0.05) is 0 Å². The summed E-state index contributed by atoms with van der Waals surface area (Å²) in [5, 5.41) is 0. The topological polar surface area (TPSA) is 57.0 Å². The lowest BCUT2D eigenvalue weighted by Gasteiger charge is -2.13. The summed E-state index contributed by atoms with van der Waals surface area (Å²) in [6.07, 6.45) is 6.72. The van der Waals surface area contributed by atoms with Gasteiger partial charge in [-0.15, -0.1) is 0 Å². The third-order valence-electron chi connectivity index (χ3n) is 3.35. The lowest BCUT2D eigenvalue weighted by Crippen LogP contribution is -2.08. The van der Waals surface area contributed by atoms with Crippen molar-refractivity contribution < 1.29 is 4.42 Å². The van der Waals surface area contributed by atoms with E-state index < -0.39 is 0 Å². The van der Waals surface area contributed by atoms with Gasteiger partial charge in [0, 0.05) is 5.69 Å². The van der Waals surface area contributed by atoms with Crippen LogP contribution in [0.25, 0.3) is 0 Å². The predicted molar refractivity (Wildman–Crippen MR) is 64.6 cm³/mol. The summed E-state index contributed by atoms with van der Waals surface area (Å²) in [7, 11) is 0. The van der Waals surface area contributed by atoms with Gasteiger partial charge in [-0.05, 0) is 37.8 Å². The van der Waals surface area contributed by atoms with Crippen molar-refractivity contribution >= 4 is 0 Å². The minimum atomic E-state index is 0.460. The van der Waals surface area contributed by atoms with E-state index >= 15 is 0 Å². The first-order valence-corrected chi connectivity index (χ1v) is 6.17. The van der Waals surface area contributed by atoms with Gasteiger partial charge in [-0.3, -0.25) is 0 Å².